The average Bonchev–Trinajstić information content (AvgIpc) is 3.16. The molecule has 2 aromatic heterocycles. The predicted octanol–water partition coefficient (Wildman–Crippen LogP) is 3.42. The van der Waals surface area contributed by atoms with Crippen LogP contribution < -0.4 is 14.2 Å². The second kappa shape index (κ2) is 8.64. The summed E-state index contributed by atoms with van der Waals surface area (Å²) >= 11 is 0. The van der Waals surface area contributed by atoms with Gasteiger partial charge < -0.3 is 19.1 Å². The Balaban J connectivity index is 1.47. The molecule has 0 saturated carbocycles. The lowest BCUT2D eigenvalue weighted by atomic mass is 10.1. The molecule has 0 N–H and O–H groups in total. The van der Waals surface area contributed by atoms with Gasteiger partial charge in [0, 0.05) is 18.8 Å². The summed E-state index contributed by atoms with van der Waals surface area (Å²) in [5, 5.41) is 4.42. The highest BCUT2D eigenvalue weighted by atomic mass is 19.4. The summed E-state index contributed by atoms with van der Waals surface area (Å²) in [6.45, 7) is 0.269. The molecule has 33 heavy (non-hydrogen) atoms. The van der Waals surface area contributed by atoms with Crippen molar-refractivity contribution in [2.24, 2.45) is 7.05 Å². The highest BCUT2D eigenvalue weighted by Gasteiger charge is 2.39. The van der Waals surface area contributed by atoms with Crippen LogP contribution in [-0.4, -0.2) is 59.0 Å². The highest BCUT2D eigenvalue weighted by Crippen LogP contribution is 2.36. The number of benzene rings is 1. The zero-order valence-electron chi connectivity index (χ0n) is 18.1. The molecule has 4 rings (SSSR count). The number of likely N-dealkylation sites (tertiary alicyclic amines) is 1. The van der Waals surface area contributed by atoms with Crippen LogP contribution in [0.5, 0.6) is 17.4 Å². The van der Waals surface area contributed by atoms with Crippen molar-refractivity contribution in [1.82, 2.24) is 19.7 Å². The molecule has 8 nitrogen and oxygen atoms in total. The molecule has 1 amide bonds. The van der Waals surface area contributed by atoms with Crippen molar-refractivity contribution in [1.29, 1.82) is 0 Å². The minimum Gasteiger partial charge on any atom is -0.497 e. The van der Waals surface area contributed by atoms with Gasteiger partial charge in [0.25, 0.3) is 5.91 Å². The Morgan fingerprint density at radius 2 is 1.88 bits per heavy atom. The molecule has 0 bridgehead atoms. The van der Waals surface area contributed by atoms with Crippen LogP contribution in [0.3, 0.4) is 0 Å². The van der Waals surface area contributed by atoms with Gasteiger partial charge in [-0.2, -0.15) is 18.3 Å². The first-order chi connectivity index (χ1) is 15.7. The Hall–Kier alpha value is -3.76. The van der Waals surface area contributed by atoms with Crippen molar-refractivity contribution >= 4 is 5.91 Å². The Labute approximate surface area is 187 Å². The number of carbonyl (C=O) groups excluding carboxylic acids is 1. The Kier molecular flexibility index (Phi) is 5.88. The van der Waals surface area contributed by atoms with Crippen molar-refractivity contribution in [3.05, 3.63) is 53.9 Å². The second-order valence-electron chi connectivity index (χ2n) is 7.41. The van der Waals surface area contributed by atoms with Crippen LogP contribution in [0.4, 0.5) is 13.2 Å². The summed E-state index contributed by atoms with van der Waals surface area (Å²) in [5.74, 6) is 0.381. The number of aromatic nitrogens is 3. The molecule has 174 valence electrons. The van der Waals surface area contributed by atoms with Crippen LogP contribution in [0.25, 0.3) is 11.3 Å². The van der Waals surface area contributed by atoms with Crippen molar-refractivity contribution < 1.29 is 32.2 Å². The van der Waals surface area contributed by atoms with E-state index in [9.17, 15) is 18.0 Å². The first-order valence-corrected chi connectivity index (χ1v) is 9.96. The van der Waals surface area contributed by atoms with Gasteiger partial charge >= 0.3 is 6.18 Å². The van der Waals surface area contributed by atoms with Gasteiger partial charge in [-0.15, -0.1) is 0 Å². The average molecular weight is 462 g/mol. The minimum atomic E-state index is -4.57. The molecule has 1 saturated heterocycles. The van der Waals surface area contributed by atoms with Crippen LogP contribution in [0.2, 0.25) is 0 Å². The quantitative estimate of drug-likeness (QED) is 0.559. The molecule has 3 aromatic rings. The van der Waals surface area contributed by atoms with E-state index in [4.69, 9.17) is 14.2 Å². The number of rotatable bonds is 6. The van der Waals surface area contributed by atoms with E-state index in [1.54, 1.807) is 38.4 Å². The van der Waals surface area contributed by atoms with Crippen LogP contribution in [-0.2, 0) is 13.2 Å². The molecule has 0 spiro atoms. The van der Waals surface area contributed by atoms with Gasteiger partial charge in [0.2, 0.25) is 5.88 Å². The zero-order chi connectivity index (χ0) is 23.8. The van der Waals surface area contributed by atoms with Crippen LogP contribution in [0.15, 0.2) is 42.6 Å². The zero-order valence-corrected chi connectivity index (χ0v) is 18.1. The summed E-state index contributed by atoms with van der Waals surface area (Å²) < 4.78 is 56.9. The smallest absolute Gasteiger partial charge is 0.421 e. The Morgan fingerprint density at radius 3 is 2.55 bits per heavy atom. The topological polar surface area (TPSA) is 78.7 Å². The molecule has 0 atom stereocenters. The van der Waals surface area contributed by atoms with E-state index in [-0.39, 0.29) is 19.0 Å². The fraction of sp³-hybridized carbons (Fsp3) is 0.318. The second-order valence-corrected chi connectivity index (χ2v) is 7.41. The summed E-state index contributed by atoms with van der Waals surface area (Å²) in [5.41, 5.74) is 0.555. The third-order valence-electron chi connectivity index (χ3n) is 5.27. The number of aryl methyl sites for hydroxylation is 1. The maximum atomic E-state index is 13.1. The third kappa shape index (κ3) is 4.43. The standard InChI is InChI=1S/C22H21F3N4O4/c1-28-18(10-17(27-28)15-9-13(31-2)6-7-19(15)32-3)21(30)29-11-14(12-29)33-20-16(22(23,24)25)5-4-8-26-20/h4-10,14H,11-12H2,1-3H3. The maximum Gasteiger partial charge on any atom is 0.421 e. The predicted molar refractivity (Wildman–Crippen MR) is 111 cm³/mol. The summed E-state index contributed by atoms with van der Waals surface area (Å²) in [4.78, 5) is 18.1. The molecule has 0 unspecified atom stereocenters. The fourth-order valence-electron chi connectivity index (χ4n) is 3.51. The van der Waals surface area contributed by atoms with E-state index in [1.165, 1.54) is 29.0 Å². The molecular weight excluding hydrogens is 441 g/mol. The Morgan fingerprint density at radius 1 is 1.12 bits per heavy atom. The molecular formula is C22H21F3N4O4. The fourth-order valence-corrected chi connectivity index (χ4v) is 3.51. The number of nitrogens with zero attached hydrogens (tertiary/aromatic N) is 4. The van der Waals surface area contributed by atoms with Crippen LogP contribution in [0.1, 0.15) is 16.1 Å². The number of hydrogen-bond donors (Lipinski definition) is 0. The number of alkyl halides is 3. The molecule has 1 aliphatic heterocycles. The van der Waals surface area contributed by atoms with Crippen molar-refractivity contribution in [3.8, 4) is 28.6 Å². The Bertz CT molecular complexity index is 1170. The van der Waals surface area contributed by atoms with Gasteiger partial charge in [-0.1, -0.05) is 0 Å². The van der Waals surface area contributed by atoms with E-state index in [2.05, 4.69) is 10.1 Å². The number of methoxy groups -OCH3 is 2. The van der Waals surface area contributed by atoms with E-state index >= 15 is 0 Å². The van der Waals surface area contributed by atoms with Crippen molar-refractivity contribution in [2.75, 3.05) is 27.3 Å². The molecule has 1 fully saturated rings. The number of amides is 1. The van der Waals surface area contributed by atoms with Gasteiger partial charge in [-0.25, -0.2) is 4.98 Å². The lowest BCUT2D eigenvalue weighted by molar-refractivity contribution is -0.140. The molecule has 11 heteroatoms. The van der Waals surface area contributed by atoms with E-state index in [1.807, 2.05) is 0 Å². The lowest BCUT2D eigenvalue weighted by Crippen LogP contribution is -2.56. The lowest BCUT2D eigenvalue weighted by Gasteiger charge is -2.38. The largest absolute Gasteiger partial charge is 0.497 e. The monoisotopic (exact) mass is 462 g/mol. The first kappa shape index (κ1) is 22.4. The summed E-state index contributed by atoms with van der Waals surface area (Å²) in [6.07, 6.45) is -3.93. The van der Waals surface area contributed by atoms with Crippen molar-refractivity contribution in [3.63, 3.8) is 0 Å². The normalized spacial score (nSPS) is 14.1. The maximum absolute atomic E-state index is 13.1. The van der Waals surface area contributed by atoms with E-state index in [0.717, 1.165) is 6.07 Å². The summed E-state index contributed by atoms with van der Waals surface area (Å²) in [6, 6.07) is 9.00. The number of hydrogen-bond acceptors (Lipinski definition) is 6. The van der Waals surface area contributed by atoms with Gasteiger partial charge in [-0.3, -0.25) is 9.48 Å². The van der Waals surface area contributed by atoms with Crippen molar-refractivity contribution in [2.45, 2.75) is 12.3 Å². The first-order valence-electron chi connectivity index (χ1n) is 9.96. The van der Waals surface area contributed by atoms with Crippen LogP contribution >= 0.6 is 0 Å². The number of pyridine rings is 1. The summed E-state index contributed by atoms with van der Waals surface area (Å²) in [7, 11) is 4.72. The van der Waals surface area contributed by atoms with Gasteiger partial charge in [0.15, 0.2) is 0 Å². The minimum absolute atomic E-state index is 0.135. The van der Waals surface area contributed by atoms with Gasteiger partial charge in [0.05, 0.1) is 33.0 Å². The molecule has 1 aromatic carbocycles. The van der Waals surface area contributed by atoms with E-state index in [0.29, 0.717) is 28.5 Å². The highest BCUT2D eigenvalue weighted by molar-refractivity contribution is 5.94. The van der Waals surface area contributed by atoms with Crippen LogP contribution in [0, 0.1) is 0 Å². The molecule has 3 heterocycles. The van der Waals surface area contributed by atoms with E-state index < -0.39 is 23.7 Å². The molecule has 0 radical (unpaired) electrons. The molecule has 1 aliphatic rings. The van der Waals surface area contributed by atoms with Gasteiger partial charge in [-0.05, 0) is 36.4 Å². The third-order valence-corrected chi connectivity index (χ3v) is 5.27. The SMILES string of the molecule is COc1ccc(OC)c(-c2cc(C(=O)N3CC(Oc4ncccc4C(F)(F)F)C3)n(C)n2)c1. The number of halogens is 3. The number of ether oxygens (including phenoxy) is 3. The number of carbonyl (C=O) groups is 1. The van der Waals surface area contributed by atoms with Gasteiger partial charge in [0.1, 0.15) is 28.9 Å². The molecule has 0 aliphatic carbocycles.